The first kappa shape index (κ1) is 11.5. The lowest BCUT2D eigenvalue weighted by Gasteiger charge is -2.09. The van der Waals surface area contributed by atoms with Gasteiger partial charge in [-0.05, 0) is 18.2 Å². The van der Waals surface area contributed by atoms with Crippen molar-refractivity contribution < 1.29 is 8.42 Å². The number of pyridine rings is 1. The molecule has 0 atom stereocenters. The highest BCUT2D eigenvalue weighted by molar-refractivity contribution is 7.92. The van der Waals surface area contributed by atoms with Crippen LogP contribution in [0.1, 0.15) is 0 Å². The average Bonchev–Trinajstić information content (AvgIpc) is 2.81. The zero-order valence-corrected chi connectivity index (χ0v) is 9.95. The van der Waals surface area contributed by atoms with Gasteiger partial charge in [-0.3, -0.25) is 4.72 Å². The Morgan fingerprint density at radius 1 is 1.35 bits per heavy atom. The molecule has 3 N–H and O–H groups in total. The topological polar surface area (TPSA) is 86.9 Å². The largest absolute Gasteiger partial charge is 0.372 e. The Morgan fingerprint density at radius 2 is 2.18 bits per heavy atom. The number of nitrogens with one attached hydrogen (secondary N) is 3. The Bertz CT molecular complexity index is 593. The molecule has 17 heavy (non-hydrogen) atoms. The molecule has 0 saturated carbocycles. The highest BCUT2D eigenvalue weighted by Crippen LogP contribution is 2.20. The van der Waals surface area contributed by atoms with Crippen LogP contribution in [0.25, 0.3) is 0 Å². The fraction of sp³-hybridized carbons (Fsp3) is 0.100. The third kappa shape index (κ3) is 2.39. The van der Waals surface area contributed by atoms with E-state index >= 15 is 0 Å². The molecule has 2 aromatic rings. The van der Waals surface area contributed by atoms with Gasteiger partial charge < -0.3 is 10.3 Å². The molecule has 0 saturated heterocycles. The maximum absolute atomic E-state index is 12.1. The van der Waals surface area contributed by atoms with Crippen molar-refractivity contribution in [1.82, 2.24) is 9.97 Å². The van der Waals surface area contributed by atoms with Crippen LogP contribution >= 0.6 is 0 Å². The smallest absolute Gasteiger partial charge is 0.265 e. The Hall–Kier alpha value is -2.02. The van der Waals surface area contributed by atoms with Gasteiger partial charge in [-0.2, -0.15) is 0 Å². The van der Waals surface area contributed by atoms with E-state index in [0.29, 0.717) is 11.5 Å². The van der Waals surface area contributed by atoms with Crippen LogP contribution in [-0.4, -0.2) is 25.4 Å². The number of sulfonamides is 1. The second-order valence-corrected chi connectivity index (χ2v) is 4.96. The van der Waals surface area contributed by atoms with E-state index in [1.165, 1.54) is 12.3 Å². The third-order valence-electron chi connectivity index (χ3n) is 2.15. The van der Waals surface area contributed by atoms with Crippen LogP contribution in [0.15, 0.2) is 41.7 Å². The van der Waals surface area contributed by atoms with Gasteiger partial charge in [-0.25, -0.2) is 13.4 Å². The molecule has 0 radical (unpaired) electrons. The van der Waals surface area contributed by atoms with Crippen LogP contribution in [-0.2, 0) is 10.0 Å². The first-order chi connectivity index (χ1) is 8.13. The molecule has 0 amide bonds. The molecule has 0 aromatic carbocycles. The summed E-state index contributed by atoms with van der Waals surface area (Å²) in [4.78, 5) is 6.84. The van der Waals surface area contributed by atoms with Crippen molar-refractivity contribution >= 4 is 21.5 Å². The summed E-state index contributed by atoms with van der Waals surface area (Å²) in [5.41, 5.74) is 0.482. The standard InChI is InChI=1S/C10H12N4O2S/c1-11-10-9(3-2-5-13-10)17(15,16)14-8-4-6-12-7-8/h2-7,12,14H,1H3,(H,11,13). The summed E-state index contributed by atoms with van der Waals surface area (Å²) < 4.78 is 26.6. The van der Waals surface area contributed by atoms with Gasteiger partial charge in [0.05, 0.1) is 5.69 Å². The molecule has 90 valence electrons. The lowest BCUT2D eigenvalue weighted by Crippen LogP contribution is -2.14. The van der Waals surface area contributed by atoms with E-state index in [1.54, 1.807) is 31.6 Å². The summed E-state index contributed by atoms with van der Waals surface area (Å²) in [7, 11) is -2.00. The minimum Gasteiger partial charge on any atom is -0.372 e. The van der Waals surface area contributed by atoms with Crippen LogP contribution in [0.3, 0.4) is 0 Å². The van der Waals surface area contributed by atoms with Gasteiger partial charge in [-0.1, -0.05) is 0 Å². The Morgan fingerprint density at radius 3 is 2.82 bits per heavy atom. The van der Waals surface area contributed by atoms with E-state index in [0.717, 1.165) is 0 Å². The zero-order chi connectivity index (χ0) is 12.3. The van der Waals surface area contributed by atoms with E-state index in [1.807, 2.05) is 0 Å². The third-order valence-corrected chi connectivity index (χ3v) is 3.56. The molecular formula is C10H12N4O2S. The van der Waals surface area contributed by atoms with E-state index in [2.05, 4.69) is 20.0 Å². The number of aromatic amines is 1. The molecule has 0 aliphatic carbocycles. The Labute approximate surface area is 99.1 Å². The van der Waals surface area contributed by atoms with E-state index in [4.69, 9.17) is 0 Å². The normalized spacial score (nSPS) is 11.1. The van der Waals surface area contributed by atoms with Crippen LogP contribution in [0, 0.1) is 0 Å². The second kappa shape index (κ2) is 4.46. The number of anilines is 2. The van der Waals surface area contributed by atoms with Gasteiger partial charge in [0.25, 0.3) is 10.0 Å². The maximum atomic E-state index is 12.1. The van der Waals surface area contributed by atoms with Crippen LogP contribution in [0.4, 0.5) is 11.5 Å². The van der Waals surface area contributed by atoms with Gasteiger partial charge in [0.1, 0.15) is 10.7 Å². The highest BCUT2D eigenvalue weighted by Gasteiger charge is 2.18. The van der Waals surface area contributed by atoms with E-state index < -0.39 is 10.0 Å². The minimum atomic E-state index is -3.62. The number of hydrogen-bond acceptors (Lipinski definition) is 4. The van der Waals surface area contributed by atoms with Crippen molar-refractivity contribution in [2.45, 2.75) is 4.90 Å². The van der Waals surface area contributed by atoms with Gasteiger partial charge in [0, 0.05) is 25.6 Å². The van der Waals surface area contributed by atoms with Crippen LogP contribution in [0.2, 0.25) is 0 Å². The summed E-state index contributed by atoms with van der Waals surface area (Å²) in [6.45, 7) is 0. The highest BCUT2D eigenvalue weighted by atomic mass is 32.2. The lowest BCUT2D eigenvalue weighted by molar-refractivity contribution is 0.601. The first-order valence-electron chi connectivity index (χ1n) is 4.92. The molecule has 0 bridgehead atoms. The molecule has 0 spiro atoms. The predicted molar refractivity (Wildman–Crippen MR) is 65.4 cm³/mol. The van der Waals surface area contributed by atoms with Crippen LogP contribution in [0.5, 0.6) is 0 Å². The van der Waals surface area contributed by atoms with Gasteiger partial charge in [-0.15, -0.1) is 0 Å². The van der Waals surface area contributed by atoms with Gasteiger partial charge >= 0.3 is 0 Å². The minimum absolute atomic E-state index is 0.115. The predicted octanol–water partition coefficient (Wildman–Crippen LogP) is 1.25. The van der Waals surface area contributed by atoms with Crippen molar-refractivity contribution in [3.05, 3.63) is 36.8 Å². The molecule has 2 aromatic heterocycles. The average molecular weight is 252 g/mol. The number of nitrogens with zero attached hydrogens (tertiary/aromatic N) is 1. The molecule has 6 nitrogen and oxygen atoms in total. The fourth-order valence-corrected chi connectivity index (χ4v) is 2.61. The van der Waals surface area contributed by atoms with Crippen molar-refractivity contribution in [3.8, 4) is 0 Å². The quantitative estimate of drug-likeness (QED) is 0.764. The molecular weight excluding hydrogens is 240 g/mol. The monoisotopic (exact) mass is 252 g/mol. The van der Waals surface area contributed by atoms with Crippen LogP contribution < -0.4 is 10.0 Å². The Kier molecular flexibility index (Phi) is 3.01. The number of aromatic nitrogens is 2. The van der Waals surface area contributed by atoms with E-state index in [9.17, 15) is 8.42 Å². The summed E-state index contributed by atoms with van der Waals surface area (Å²) >= 11 is 0. The summed E-state index contributed by atoms with van der Waals surface area (Å²) in [5.74, 6) is 0.315. The zero-order valence-electron chi connectivity index (χ0n) is 9.14. The van der Waals surface area contributed by atoms with Crippen molar-refractivity contribution in [2.75, 3.05) is 17.1 Å². The molecule has 0 aliphatic rings. The van der Waals surface area contributed by atoms with Crippen molar-refractivity contribution in [2.24, 2.45) is 0 Å². The summed E-state index contributed by atoms with van der Waals surface area (Å²) in [5, 5.41) is 2.74. The molecule has 0 fully saturated rings. The summed E-state index contributed by atoms with van der Waals surface area (Å²) in [6.07, 6.45) is 4.73. The summed E-state index contributed by atoms with van der Waals surface area (Å²) in [6, 6.07) is 4.70. The first-order valence-corrected chi connectivity index (χ1v) is 6.40. The SMILES string of the molecule is CNc1ncccc1S(=O)(=O)Nc1cc[nH]c1. The second-order valence-electron chi connectivity index (χ2n) is 3.31. The number of rotatable bonds is 4. The molecule has 0 unspecified atom stereocenters. The fourth-order valence-electron chi connectivity index (χ4n) is 1.39. The number of H-pyrrole nitrogens is 1. The molecule has 0 aliphatic heterocycles. The van der Waals surface area contributed by atoms with E-state index in [-0.39, 0.29) is 4.90 Å². The molecule has 2 rings (SSSR count). The van der Waals surface area contributed by atoms with Gasteiger partial charge in [0.15, 0.2) is 0 Å². The molecule has 7 heteroatoms. The lowest BCUT2D eigenvalue weighted by atomic mass is 10.5. The van der Waals surface area contributed by atoms with Crippen molar-refractivity contribution in [3.63, 3.8) is 0 Å². The number of hydrogen-bond donors (Lipinski definition) is 3. The molecule has 2 heterocycles. The van der Waals surface area contributed by atoms with Crippen molar-refractivity contribution in [1.29, 1.82) is 0 Å². The Balaban J connectivity index is 2.38. The van der Waals surface area contributed by atoms with Gasteiger partial charge in [0.2, 0.25) is 0 Å². The maximum Gasteiger partial charge on any atom is 0.265 e.